The maximum absolute atomic E-state index is 12.8. The Balaban J connectivity index is 1.81. The highest BCUT2D eigenvalue weighted by atomic mass is 19.4. The van der Waals surface area contributed by atoms with E-state index in [9.17, 15) is 27.2 Å². The minimum Gasteiger partial charge on any atom is -0.348 e. The van der Waals surface area contributed by atoms with Crippen LogP contribution in [0.15, 0.2) is 24.3 Å². The summed E-state index contributed by atoms with van der Waals surface area (Å²) in [7, 11) is 0. The second kappa shape index (κ2) is 6.97. The number of likely N-dealkylation sites (tertiary alicyclic amines) is 1. The van der Waals surface area contributed by atoms with Gasteiger partial charge in [-0.15, -0.1) is 0 Å². The number of nitrogens with zero attached hydrogens (tertiary/aromatic N) is 1. The molecule has 8 heteroatoms. The lowest BCUT2D eigenvalue weighted by Crippen LogP contribution is -2.44. The van der Waals surface area contributed by atoms with Crippen LogP contribution >= 0.6 is 0 Å². The molecule has 0 radical (unpaired) electrons. The van der Waals surface area contributed by atoms with E-state index in [1.54, 1.807) is 4.90 Å². The summed E-state index contributed by atoms with van der Waals surface area (Å²) in [6, 6.07) is 5.19. The Morgan fingerprint density at radius 2 is 1.70 bits per heavy atom. The monoisotopic (exact) mass is 332 g/mol. The van der Waals surface area contributed by atoms with Crippen molar-refractivity contribution in [1.29, 1.82) is 0 Å². The van der Waals surface area contributed by atoms with Gasteiger partial charge in [0, 0.05) is 25.2 Å². The van der Waals surface area contributed by atoms with Gasteiger partial charge < -0.3 is 10.2 Å². The molecule has 126 valence electrons. The number of alkyl halides is 3. The summed E-state index contributed by atoms with van der Waals surface area (Å²) in [5, 5.41) is 1.87. The van der Waals surface area contributed by atoms with Gasteiger partial charge in [-0.05, 0) is 43.0 Å². The van der Waals surface area contributed by atoms with Crippen LogP contribution < -0.4 is 5.32 Å². The Kier molecular flexibility index (Phi) is 5.23. The van der Waals surface area contributed by atoms with Gasteiger partial charge in [-0.2, -0.15) is 13.2 Å². The van der Waals surface area contributed by atoms with E-state index < -0.39 is 17.9 Å². The first-order valence-electron chi connectivity index (χ1n) is 7.17. The van der Waals surface area contributed by atoms with Crippen LogP contribution in [0.1, 0.15) is 23.2 Å². The van der Waals surface area contributed by atoms with E-state index in [-0.39, 0.29) is 18.4 Å². The van der Waals surface area contributed by atoms with E-state index >= 15 is 0 Å². The third kappa shape index (κ3) is 4.67. The van der Waals surface area contributed by atoms with Crippen LogP contribution in [-0.4, -0.2) is 42.5 Å². The largest absolute Gasteiger partial charge is 0.471 e. The molecule has 0 atom stereocenters. The van der Waals surface area contributed by atoms with E-state index in [2.05, 4.69) is 0 Å². The average molecular weight is 332 g/mol. The highest BCUT2D eigenvalue weighted by Crippen LogP contribution is 2.20. The Hall–Kier alpha value is -2.12. The number of carbonyl (C=O) groups is 2. The number of piperidine rings is 1. The fraction of sp³-hybridized carbons (Fsp3) is 0.467. The number of hydrogen-bond donors (Lipinski definition) is 1. The van der Waals surface area contributed by atoms with Crippen LogP contribution in [0.5, 0.6) is 0 Å². The lowest BCUT2D eigenvalue weighted by atomic mass is 9.96. The fourth-order valence-electron chi connectivity index (χ4n) is 2.45. The van der Waals surface area contributed by atoms with Crippen LogP contribution in [0.25, 0.3) is 0 Å². The van der Waals surface area contributed by atoms with Crippen molar-refractivity contribution < 1.29 is 27.2 Å². The molecule has 2 amide bonds. The predicted molar refractivity (Wildman–Crippen MR) is 74.1 cm³/mol. The number of halogens is 4. The number of rotatable bonds is 3. The summed E-state index contributed by atoms with van der Waals surface area (Å²) >= 11 is 0. The van der Waals surface area contributed by atoms with Gasteiger partial charge in [-0.25, -0.2) is 4.39 Å². The molecular formula is C15H16F4N2O2. The Bertz CT molecular complexity index is 564. The van der Waals surface area contributed by atoms with Gasteiger partial charge in [-0.3, -0.25) is 9.59 Å². The summed E-state index contributed by atoms with van der Waals surface area (Å²) in [5.41, 5.74) is 0.371. The lowest BCUT2D eigenvalue weighted by molar-refractivity contribution is -0.173. The predicted octanol–water partition coefficient (Wildman–Crippen LogP) is 2.36. The molecule has 0 unspecified atom stereocenters. The summed E-state index contributed by atoms with van der Waals surface area (Å²) in [5.74, 6) is -2.70. The number of benzene rings is 1. The van der Waals surface area contributed by atoms with Crippen molar-refractivity contribution in [1.82, 2.24) is 10.2 Å². The molecule has 1 saturated heterocycles. The molecule has 1 aliphatic rings. The standard InChI is InChI=1S/C15H16F4N2O2/c16-12-3-1-11(2-4-12)13(22)21-7-5-10(6-8-21)9-20-14(23)15(17,18)19/h1-4,10H,5-9H2,(H,20,23). The smallest absolute Gasteiger partial charge is 0.348 e. The van der Waals surface area contributed by atoms with Crippen LogP contribution in [-0.2, 0) is 4.79 Å². The first-order valence-corrected chi connectivity index (χ1v) is 7.17. The third-order valence-electron chi connectivity index (χ3n) is 3.80. The fourth-order valence-corrected chi connectivity index (χ4v) is 2.45. The molecule has 0 aromatic heterocycles. The molecule has 1 heterocycles. The van der Waals surface area contributed by atoms with Crippen LogP contribution in [0, 0.1) is 11.7 Å². The van der Waals surface area contributed by atoms with Gasteiger partial charge in [0.2, 0.25) is 0 Å². The van der Waals surface area contributed by atoms with E-state index in [4.69, 9.17) is 0 Å². The van der Waals surface area contributed by atoms with E-state index in [0.717, 1.165) is 0 Å². The van der Waals surface area contributed by atoms with E-state index in [1.807, 2.05) is 5.32 Å². The summed E-state index contributed by atoms with van der Waals surface area (Å²) in [6.45, 7) is 0.725. The summed E-state index contributed by atoms with van der Waals surface area (Å²) in [4.78, 5) is 24.5. The molecule has 0 spiro atoms. The van der Waals surface area contributed by atoms with Crippen LogP contribution in [0.4, 0.5) is 17.6 Å². The molecule has 1 N–H and O–H groups in total. The number of hydrogen-bond acceptors (Lipinski definition) is 2. The van der Waals surface area contributed by atoms with Crippen molar-refractivity contribution in [3.8, 4) is 0 Å². The lowest BCUT2D eigenvalue weighted by Gasteiger charge is -2.32. The van der Waals surface area contributed by atoms with Crippen molar-refractivity contribution in [3.05, 3.63) is 35.6 Å². The average Bonchev–Trinajstić information content (AvgIpc) is 2.52. The van der Waals surface area contributed by atoms with Gasteiger partial charge >= 0.3 is 12.1 Å². The number of amides is 2. The highest BCUT2D eigenvalue weighted by Gasteiger charge is 2.38. The maximum Gasteiger partial charge on any atom is 0.471 e. The normalized spacial score (nSPS) is 16.3. The molecule has 1 aromatic carbocycles. The number of carbonyl (C=O) groups excluding carboxylic acids is 2. The van der Waals surface area contributed by atoms with Gasteiger partial charge in [0.05, 0.1) is 0 Å². The van der Waals surface area contributed by atoms with Crippen molar-refractivity contribution >= 4 is 11.8 Å². The Labute approximate surface area is 130 Å². The zero-order valence-corrected chi connectivity index (χ0v) is 12.2. The molecule has 0 saturated carbocycles. The second-order valence-electron chi connectivity index (χ2n) is 5.45. The Morgan fingerprint density at radius 3 is 2.22 bits per heavy atom. The third-order valence-corrected chi connectivity index (χ3v) is 3.80. The Morgan fingerprint density at radius 1 is 1.13 bits per heavy atom. The van der Waals surface area contributed by atoms with Gasteiger partial charge in [0.25, 0.3) is 5.91 Å². The van der Waals surface area contributed by atoms with Gasteiger partial charge in [0.1, 0.15) is 5.82 Å². The SMILES string of the molecule is O=C(c1ccc(F)cc1)N1CCC(CNC(=O)C(F)(F)F)CC1. The molecular weight excluding hydrogens is 316 g/mol. The molecule has 0 bridgehead atoms. The molecule has 1 fully saturated rings. The molecule has 1 aliphatic heterocycles. The second-order valence-corrected chi connectivity index (χ2v) is 5.45. The molecule has 0 aliphatic carbocycles. The van der Waals surface area contributed by atoms with E-state index in [1.165, 1.54) is 24.3 Å². The number of nitrogens with one attached hydrogen (secondary N) is 1. The minimum absolute atomic E-state index is 0.0586. The molecule has 4 nitrogen and oxygen atoms in total. The van der Waals surface area contributed by atoms with Crippen molar-refractivity contribution in [2.24, 2.45) is 5.92 Å². The van der Waals surface area contributed by atoms with Gasteiger partial charge in [0.15, 0.2) is 0 Å². The summed E-state index contributed by atoms with van der Waals surface area (Å²) < 4.78 is 49.1. The van der Waals surface area contributed by atoms with Crippen LogP contribution in [0.3, 0.4) is 0 Å². The maximum atomic E-state index is 12.8. The molecule has 1 aromatic rings. The zero-order valence-electron chi connectivity index (χ0n) is 12.2. The van der Waals surface area contributed by atoms with Crippen molar-refractivity contribution in [2.75, 3.05) is 19.6 Å². The minimum atomic E-state index is -4.88. The van der Waals surface area contributed by atoms with Crippen molar-refractivity contribution in [2.45, 2.75) is 19.0 Å². The first kappa shape index (κ1) is 17.2. The first-order chi connectivity index (χ1) is 10.8. The highest BCUT2D eigenvalue weighted by molar-refractivity contribution is 5.94. The van der Waals surface area contributed by atoms with Crippen molar-refractivity contribution in [3.63, 3.8) is 0 Å². The summed E-state index contributed by atoms with van der Waals surface area (Å²) in [6.07, 6.45) is -3.87. The topological polar surface area (TPSA) is 49.4 Å². The van der Waals surface area contributed by atoms with Crippen LogP contribution in [0.2, 0.25) is 0 Å². The molecule has 23 heavy (non-hydrogen) atoms. The quantitative estimate of drug-likeness (QED) is 0.864. The van der Waals surface area contributed by atoms with E-state index in [0.29, 0.717) is 31.5 Å². The molecule has 2 rings (SSSR count). The zero-order chi connectivity index (χ0) is 17.0. The van der Waals surface area contributed by atoms with Gasteiger partial charge in [-0.1, -0.05) is 0 Å².